The summed E-state index contributed by atoms with van der Waals surface area (Å²) in [4.78, 5) is 17.2. The van der Waals surface area contributed by atoms with E-state index in [2.05, 4.69) is 10.3 Å². The van der Waals surface area contributed by atoms with Gasteiger partial charge >= 0.3 is 0 Å². The van der Waals surface area contributed by atoms with Crippen LogP contribution in [0.15, 0.2) is 59.6 Å². The SMILES string of the molecule is O=C(Nc1ncc(Cl)s1)C(Oc1ccc(Cl)cc1)c1ccc(S(=O)(=O)N2CCOCC2)cc1. The molecule has 0 radical (unpaired) electrons. The molecule has 174 valence electrons. The Labute approximate surface area is 205 Å². The predicted molar refractivity (Wildman–Crippen MR) is 127 cm³/mol. The van der Waals surface area contributed by atoms with Gasteiger partial charge in [0.25, 0.3) is 5.91 Å². The van der Waals surface area contributed by atoms with Crippen molar-refractivity contribution in [3.05, 3.63) is 69.7 Å². The van der Waals surface area contributed by atoms with E-state index in [-0.39, 0.29) is 4.90 Å². The maximum Gasteiger partial charge on any atom is 0.271 e. The molecule has 1 aliphatic rings. The highest BCUT2D eigenvalue weighted by atomic mass is 35.5. The average Bonchev–Trinajstić information content (AvgIpc) is 3.23. The van der Waals surface area contributed by atoms with E-state index in [1.54, 1.807) is 36.4 Å². The Kier molecular flexibility index (Phi) is 7.52. The summed E-state index contributed by atoms with van der Waals surface area (Å²) in [5.41, 5.74) is 0.464. The van der Waals surface area contributed by atoms with Gasteiger partial charge in [-0.3, -0.25) is 10.1 Å². The maximum absolute atomic E-state index is 13.0. The van der Waals surface area contributed by atoms with Crippen molar-refractivity contribution in [3.8, 4) is 5.75 Å². The van der Waals surface area contributed by atoms with Crippen LogP contribution >= 0.6 is 34.5 Å². The van der Waals surface area contributed by atoms with Crippen molar-refractivity contribution in [3.63, 3.8) is 0 Å². The van der Waals surface area contributed by atoms with Crippen molar-refractivity contribution >= 4 is 55.6 Å². The number of thiazole rings is 1. The Morgan fingerprint density at radius 1 is 1.09 bits per heavy atom. The number of nitrogens with zero attached hydrogens (tertiary/aromatic N) is 2. The third-order valence-electron chi connectivity index (χ3n) is 4.80. The van der Waals surface area contributed by atoms with Gasteiger partial charge in [-0.05, 0) is 36.4 Å². The molecule has 2 aromatic carbocycles. The van der Waals surface area contributed by atoms with Gasteiger partial charge in [-0.15, -0.1) is 0 Å². The fraction of sp³-hybridized carbons (Fsp3) is 0.238. The van der Waals surface area contributed by atoms with E-state index in [0.717, 1.165) is 11.3 Å². The number of carbonyl (C=O) groups is 1. The summed E-state index contributed by atoms with van der Waals surface area (Å²) < 4.78 is 38.8. The molecule has 0 spiro atoms. The summed E-state index contributed by atoms with van der Waals surface area (Å²) in [7, 11) is -3.66. The Morgan fingerprint density at radius 2 is 1.76 bits per heavy atom. The summed E-state index contributed by atoms with van der Waals surface area (Å²) in [5.74, 6) is -0.0681. The van der Waals surface area contributed by atoms with E-state index in [0.29, 0.717) is 52.1 Å². The highest BCUT2D eigenvalue weighted by Crippen LogP contribution is 2.28. The molecule has 1 unspecified atom stereocenters. The van der Waals surface area contributed by atoms with Gasteiger partial charge in [-0.1, -0.05) is 46.7 Å². The van der Waals surface area contributed by atoms with Gasteiger partial charge in [0.2, 0.25) is 16.1 Å². The number of morpholine rings is 1. The minimum atomic E-state index is -3.66. The fourth-order valence-electron chi connectivity index (χ4n) is 3.16. The molecule has 0 bridgehead atoms. The number of benzene rings is 2. The molecule has 33 heavy (non-hydrogen) atoms. The molecule has 0 aliphatic carbocycles. The standard InChI is InChI=1S/C21H19Cl2N3O5S2/c22-15-3-5-16(6-4-15)31-19(20(27)25-21-24-13-18(23)32-21)14-1-7-17(8-2-14)33(28,29)26-9-11-30-12-10-26/h1-8,13,19H,9-12H2,(H,24,25,27). The zero-order valence-corrected chi connectivity index (χ0v) is 20.3. The van der Waals surface area contributed by atoms with E-state index >= 15 is 0 Å². The van der Waals surface area contributed by atoms with Gasteiger partial charge < -0.3 is 9.47 Å². The van der Waals surface area contributed by atoms with Crippen LogP contribution in [-0.4, -0.2) is 49.9 Å². The number of anilines is 1. The largest absolute Gasteiger partial charge is 0.476 e. The first kappa shape index (κ1) is 23.9. The molecule has 1 aromatic heterocycles. The summed E-state index contributed by atoms with van der Waals surface area (Å²) in [5, 5.41) is 3.53. The molecule has 8 nitrogen and oxygen atoms in total. The molecule has 1 atom stereocenters. The number of hydrogen-bond donors (Lipinski definition) is 1. The van der Waals surface area contributed by atoms with Gasteiger partial charge in [0.1, 0.15) is 10.1 Å². The predicted octanol–water partition coefficient (Wildman–Crippen LogP) is 4.23. The highest BCUT2D eigenvalue weighted by Gasteiger charge is 2.28. The van der Waals surface area contributed by atoms with Crippen molar-refractivity contribution in [2.24, 2.45) is 0 Å². The van der Waals surface area contributed by atoms with Crippen molar-refractivity contribution in [2.45, 2.75) is 11.0 Å². The first-order valence-electron chi connectivity index (χ1n) is 9.85. The monoisotopic (exact) mass is 527 g/mol. The smallest absolute Gasteiger partial charge is 0.271 e. The molecular formula is C21H19Cl2N3O5S2. The number of rotatable bonds is 7. The molecule has 1 fully saturated rings. The van der Waals surface area contributed by atoms with Gasteiger partial charge in [0, 0.05) is 23.7 Å². The van der Waals surface area contributed by atoms with Crippen LogP contribution in [0.2, 0.25) is 9.36 Å². The lowest BCUT2D eigenvalue weighted by Gasteiger charge is -2.26. The van der Waals surface area contributed by atoms with Crippen molar-refractivity contribution in [2.75, 3.05) is 31.6 Å². The maximum atomic E-state index is 13.0. The van der Waals surface area contributed by atoms with Crippen LogP contribution in [0.4, 0.5) is 5.13 Å². The number of halogens is 2. The van der Waals surface area contributed by atoms with Crippen LogP contribution < -0.4 is 10.1 Å². The number of hydrogen-bond acceptors (Lipinski definition) is 7. The Balaban J connectivity index is 1.60. The molecule has 12 heteroatoms. The lowest BCUT2D eigenvalue weighted by atomic mass is 10.1. The molecule has 1 aliphatic heterocycles. The quantitative estimate of drug-likeness (QED) is 0.493. The van der Waals surface area contributed by atoms with E-state index < -0.39 is 22.0 Å². The molecule has 3 aromatic rings. The number of aromatic nitrogens is 1. The molecular weight excluding hydrogens is 509 g/mol. The lowest BCUT2D eigenvalue weighted by Crippen LogP contribution is -2.40. The van der Waals surface area contributed by atoms with E-state index in [4.69, 9.17) is 32.7 Å². The first-order valence-corrected chi connectivity index (χ1v) is 12.9. The van der Waals surface area contributed by atoms with Crippen LogP contribution in [0.1, 0.15) is 11.7 Å². The molecule has 1 N–H and O–H groups in total. The molecule has 2 heterocycles. The second-order valence-electron chi connectivity index (χ2n) is 7.00. The minimum absolute atomic E-state index is 0.130. The van der Waals surface area contributed by atoms with Crippen molar-refractivity contribution in [1.82, 2.24) is 9.29 Å². The topological polar surface area (TPSA) is 97.8 Å². The summed E-state index contributed by atoms with van der Waals surface area (Å²) in [6.07, 6.45) is 0.358. The first-order chi connectivity index (χ1) is 15.8. The van der Waals surface area contributed by atoms with E-state index in [1.807, 2.05) is 0 Å². The Hall–Kier alpha value is -2.21. The number of carbonyl (C=O) groups excluding carboxylic acids is 1. The van der Waals surface area contributed by atoms with Crippen LogP contribution in [0.3, 0.4) is 0 Å². The summed E-state index contributed by atoms with van der Waals surface area (Å²) in [6, 6.07) is 12.6. The molecule has 4 rings (SSSR count). The Bertz CT molecular complexity index is 1210. The van der Waals surface area contributed by atoms with Crippen LogP contribution in [-0.2, 0) is 19.6 Å². The van der Waals surface area contributed by atoms with Crippen molar-refractivity contribution < 1.29 is 22.7 Å². The number of sulfonamides is 1. The highest BCUT2D eigenvalue weighted by molar-refractivity contribution is 7.89. The molecule has 1 amide bonds. The fourth-order valence-corrected chi connectivity index (χ4v) is 5.51. The average molecular weight is 528 g/mol. The zero-order chi connectivity index (χ0) is 23.4. The van der Waals surface area contributed by atoms with Crippen LogP contribution in [0.25, 0.3) is 0 Å². The molecule has 0 saturated carbocycles. The number of nitrogens with one attached hydrogen (secondary N) is 1. The third kappa shape index (κ3) is 5.84. The number of amides is 1. The van der Waals surface area contributed by atoms with Gasteiger partial charge in [-0.25, -0.2) is 13.4 Å². The van der Waals surface area contributed by atoms with Crippen LogP contribution in [0.5, 0.6) is 5.75 Å². The third-order valence-corrected chi connectivity index (χ3v) is 8.00. The summed E-state index contributed by atoms with van der Waals surface area (Å²) in [6.45, 7) is 1.31. The zero-order valence-electron chi connectivity index (χ0n) is 17.1. The van der Waals surface area contributed by atoms with Gasteiger partial charge in [0.15, 0.2) is 5.13 Å². The van der Waals surface area contributed by atoms with Gasteiger partial charge in [0.05, 0.1) is 24.3 Å². The minimum Gasteiger partial charge on any atom is -0.476 e. The Morgan fingerprint density at radius 3 is 2.36 bits per heavy atom. The second-order valence-corrected chi connectivity index (χ2v) is 11.0. The summed E-state index contributed by atoms with van der Waals surface area (Å²) >= 11 is 13.0. The number of ether oxygens (including phenoxy) is 2. The lowest BCUT2D eigenvalue weighted by molar-refractivity contribution is -0.123. The normalized spacial score (nSPS) is 15.7. The van der Waals surface area contributed by atoms with Crippen molar-refractivity contribution in [1.29, 1.82) is 0 Å². The second kappa shape index (κ2) is 10.4. The van der Waals surface area contributed by atoms with E-state index in [9.17, 15) is 13.2 Å². The van der Waals surface area contributed by atoms with Gasteiger partial charge in [-0.2, -0.15) is 4.31 Å². The van der Waals surface area contributed by atoms with Crippen LogP contribution in [0, 0.1) is 0 Å². The van der Waals surface area contributed by atoms with E-state index in [1.165, 1.54) is 22.6 Å². The molecule has 1 saturated heterocycles.